The highest BCUT2D eigenvalue weighted by atomic mass is 16.7. The molecule has 0 aromatic heterocycles. The van der Waals surface area contributed by atoms with Crippen LogP contribution >= 0.6 is 0 Å². The normalized spacial score (nSPS) is 46.1. The SMILES string of the molecule is CC1CCC2OC2C1.COC(=O)OC1CC2OC2CC1C. The maximum atomic E-state index is 10.9. The van der Waals surface area contributed by atoms with Crippen molar-refractivity contribution >= 4 is 6.16 Å². The summed E-state index contributed by atoms with van der Waals surface area (Å²) in [5, 5.41) is 0. The quantitative estimate of drug-likeness (QED) is 0.550. The molecule has 0 aromatic rings. The third-order valence-electron chi connectivity index (χ3n) is 5.07. The van der Waals surface area contributed by atoms with E-state index in [0.29, 0.717) is 30.3 Å². The molecule has 0 N–H and O–H groups in total. The van der Waals surface area contributed by atoms with Gasteiger partial charge in [-0.15, -0.1) is 0 Å². The van der Waals surface area contributed by atoms with Crippen molar-refractivity contribution in [3.63, 3.8) is 0 Å². The highest BCUT2D eigenvalue weighted by Crippen LogP contribution is 2.40. The summed E-state index contributed by atoms with van der Waals surface area (Å²) in [6.45, 7) is 4.39. The van der Waals surface area contributed by atoms with Crippen LogP contribution in [-0.2, 0) is 18.9 Å². The third-order valence-corrected chi connectivity index (χ3v) is 5.07. The monoisotopic (exact) mass is 298 g/mol. The second kappa shape index (κ2) is 6.13. The van der Waals surface area contributed by atoms with E-state index >= 15 is 0 Å². The molecular formula is C16H26O5. The van der Waals surface area contributed by atoms with Crippen LogP contribution in [0.25, 0.3) is 0 Å². The highest BCUT2D eigenvalue weighted by Gasteiger charge is 2.48. The predicted molar refractivity (Wildman–Crippen MR) is 76.0 cm³/mol. The van der Waals surface area contributed by atoms with Gasteiger partial charge in [0.2, 0.25) is 0 Å². The van der Waals surface area contributed by atoms with Gasteiger partial charge in [0.05, 0.1) is 31.5 Å². The van der Waals surface area contributed by atoms with Crippen LogP contribution in [0, 0.1) is 11.8 Å². The minimum Gasteiger partial charge on any atom is -0.438 e. The molecular weight excluding hydrogens is 272 g/mol. The van der Waals surface area contributed by atoms with Gasteiger partial charge in [-0.1, -0.05) is 13.8 Å². The molecule has 120 valence electrons. The third kappa shape index (κ3) is 3.89. The zero-order valence-electron chi connectivity index (χ0n) is 13.1. The first-order chi connectivity index (χ1) is 10.1. The Labute approximate surface area is 126 Å². The van der Waals surface area contributed by atoms with E-state index in [1.807, 2.05) is 0 Å². The molecule has 0 spiro atoms. The van der Waals surface area contributed by atoms with Crippen molar-refractivity contribution in [3.8, 4) is 0 Å². The number of rotatable bonds is 1. The molecule has 2 aliphatic carbocycles. The molecule has 4 aliphatic rings. The van der Waals surface area contributed by atoms with Crippen LogP contribution in [0.4, 0.5) is 4.79 Å². The molecule has 2 aliphatic heterocycles. The van der Waals surface area contributed by atoms with Gasteiger partial charge in [-0.2, -0.15) is 0 Å². The number of epoxide rings is 2. The van der Waals surface area contributed by atoms with E-state index in [-0.39, 0.29) is 6.10 Å². The molecule has 2 saturated heterocycles. The number of methoxy groups -OCH3 is 1. The van der Waals surface area contributed by atoms with Crippen molar-refractivity contribution in [3.05, 3.63) is 0 Å². The summed E-state index contributed by atoms with van der Waals surface area (Å²) in [4.78, 5) is 10.9. The average molecular weight is 298 g/mol. The summed E-state index contributed by atoms with van der Waals surface area (Å²) in [5.41, 5.74) is 0. The van der Waals surface area contributed by atoms with Crippen molar-refractivity contribution in [1.82, 2.24) is 0 Å². The van der Waals surface area contributed by atoms with Gasteiger partial charge in [0.25, 0.3) is 0 Å². The van der Waals surface area contributed by atoms with Gasteiger partial charge in [0.1, 0.15) is 6.10 Å². The maximum Gasteiger partial charge on any atom is 0.508 e. The Morgan fingerprint density at radius 2 is 1.62 bits per heavy atom. The van der Waals surface area contributed by atoms with E-state index in [0.717, 1.165) is 18.8 Å². The lowest BCUT2D eigenvalue weighted by Gasteiger charge is -2.25. The second-order valence-corrected chi connectivity index (χ2v) is 6.90. The fourth-order valence-corrected chi connectivity index (χ4v) is 3.51. The number of fused-ring (bicyclic) bond motifs is 2. The number of carbonyl (C=O) groups is 1. The highest BCUT2D eigenvalue weighted by molar-refractivity contribution is 5.59. The molecule has 0 radical (unpaired) electrons. The first-order valence-electron chi connectivity index (χ1n) is 8.12. The standard InChI is InChI=1S/C9H14O4.C7H12O/c1-5-3-7-8(12-7)4-6(5)13-9(10)11-2;1-5-2-3-6-7(4-5)8-6/h5-8H,3-4H2,1-2H3;5-7H,2-4H2,1H3. The van der Waals surface area contributed by atoms with Crippen LogP contribution in [0.5, 0.6) is 0 Å². The number of carbonyl (C=O) groups excluding carboxylic acids is 1. The molecule has 4 rings (SSSR count). The molecule has 2 saturated carbocycles. The first-order valence-corrected chi connectivity index (χ1v) is 8.12. The maximum absolute atomic E-state index is 10.9. The molecule has 21 heavy (non-hydrogen) atoms. The zero-order valence-corrected chi connectivity index (χ0v) is 13.1. The zero-order chi connectivity index (χ0) is 15.0. The molecule has 7 unspecified atom stereocenters. The van der Waals surface area contributed by atoms with Gasteiger partial charge in [0, 0.05) is 6.42 Å². The van der Waals surface area contributed by atoms with E-state index < -0.39 is 6.16 Å². The Morgan fingerprint density at radius 1 is 0.952 bits per heavy atom. The second-order valence-electron chi connectivity index (χ2n) is 6.90. The van der Waals surface area contributed by atoms with E-state index in [9.17, 15) is 4.79 Å². The number of hydrogen-bond donors (Lipinski definition) is 0. The molecule has 0 amide bonds. The number of ether oxygens (including phenoxy) is 4. The summed E-state index contributed by atoms with van der Waals surface area (Å²) in [6, 6.07) is 0. The van der Waals surface area contributed by atoms with Crippen LogP contribution in [0.2, 0.25) is 0 Å². The van der Waals surface area contributed by atoms with Crippen LogP contribution in [-0.4, -0.2) is 43.8 Å². The summed E-state index contributed by atoms with van der Waals surface area (Å²) in [6.07, 6.45) is 7.35. The summed E-state index contributed by atoms with van der Waals surface area (Å²) in [5.74, 6) is 1.31. The number of hydrogen-bond acceptors (Lipinski definition) is 5. The van der Waals surface area contributed by atoms with Crippen molar-refractivity contribution in [2.24, 2.45) is 11.8 Å². The predicted octanol–water partition coefficient (Wildman–Crippen LogP) is 2.91. The van der Waals surface area contributed by atoms with Gasteiger partial charge in [-0.25, -0.2) is 4.79 Å². The molecule has 0 bridgehead atoms. The molecule has 7 atom stereocenters. The summed E-state index contributed by atoms with van der Waals surface area (Å²) >= 11 is 0. The van der Waals surface area contributed by atoms with Crippen LogP contribution in [0.3, 0.4) is 0 Å². The van der Waals surface area contributed by atoms with Crippen LogP contribution in [0.1, 0.15) is 46.0 Å². The summed E-state index contributed by atoms with van der Waals surface area (Å²) < 4.78 is 20.3. The average Bonchev–Trinajstić information content (AvgIpc) is 3.34. The van der Waals surface area contributed by atoms with Gasteiger partial charge >= 0.3 is 6.16 Å². The first kappa shape index (κ1) is 15.1. The van der Waals surface area contributed by atoms with Gasteiger partial charge in [-0.3, -0.25) is 0 Å². The van der Waals surface area contributed by atoms with Crippen LogP contribution < -0.4 is 0 Å². The Bertz CT molecular complexity index is 385. The lowest BCUT2D eigenvalue weighted by Crippen LogP contribution is -2.31. The Balaban J connectivity index is 0.000000140. The lowest BCUT2D eigenvalue weighted by molar-refractivity contribution is 0.00548. The van der Waals surface area contributed by atoms with Gasteiger partial charge < -0.3 is 18.9 Å². The largest absolute Gasteiger partial charge is 0.508 e. The van der Waals surface area contributed by atoms with E-state index in [1.165, 1.54) is 26.4 Å². The van der Waals surface area contributed by atoms with Crippen molar-refractivity contribution in [2.45, 2.75) is 76.5 Å². The van der Waals surface area contributed by atoms with Crippen LogP contribution in [0.15, 0.2) is 0 Å². The minimum absolute atomic E-state index is 0.0313. The fourth-order valence-electron chi connectivity index (χ4n) is 3.51. The topological polar surface area (TPSA) is 60.6 Å². The molecule has 5 nitrogen and oxygen atoms in total. The smallest absolute Gasteiger partial charge is 0.438 e. The van der Waals surface area contributed by atoms with E-state index in [1.54, 1.807) is 0 Å². The summed E-state index contributed by atoms with van der Waals surface area (Å²) in [7, 11) is 1.33. The molecule has 2 heterocycles. The molecule has 5 heteroatoms. The van der Waals surface area contributed by atoms with Crippen molar-refractivity contribution < 1.29 is 23.7 Å². The van der Waals surface area contributed by atoms with Gasteiger partial charge in [-0.05, 0) is 37.5 Å². The molecule has 0 aromatic carbocycles. The van der Waals surface area contributed by atoms with E-state index in [4.69, 9.17) is 14.2 Å². The fraction of sp³-hybridized carbons (Fsp3) is 0.938. The molecule has 4 fully saturated rings. The Hall–Kier alpha value is -0.810. The Kier molecular flexibility index (Phi) is 4.41. The lowest BCUT2D eigenvalue weighted by atomic mass is 9.88. The van der Waals surface area contributed by atoms with Gasteiger partial charge in [0.15, 0.2) is 0 Å². The van der Waals surface area contributed by atoms with E-state index in [2.05, 4.69) is 18.6 Å². The van der Waals surface area contributed by atoms with Crippen molar-refractivity contribution in [2.75, 3.05) is 7.11 Å². The Morgan fingerprint density at radius 3 is 2.29 bits per heavy atom. The minimum atomic E-state index is -0.587. The van der Waals surface area contributed by atoms with Crippen molar-refractivity contribution in [1.29, 1.82) is 0 Å².